The van der Waals surface area contributed by atoms with Crippen molar-refractivity contribution in [2.45, 2.75) is 18.0 Å². The Balaban J connectivity index is 0.000000237. The van der Waals surface area contributed by atoms with E-state index in [1.54, 1.807) is 24.5 Å². The maximum absolute atomic E-state index is 10.4. The summed E-state index contributed by atoms with van der Waals surface area (Å²) in [6, 6.07) is 24.3. The van der Waals surface area contributed by atoms with Crippen LogP contribution in [0.25, 0.3) is 22.7 Å². The zero-order valence-electron chi connectivity index (χ0n) is 21.8. The number of aryl methyl sites for hydroxylation is 1. The predicted molar refractivity (Wildman–Crippen MR) is 150 cm³/mol. The van der Waals surface area contributed by atoms with Crippen molar-refractivity contribution >= 4 is 38.7 Å². The Kier molecular flexibility index (Phi) is 7.25. The van der Waals surface area contributed by atoms with E-state index >= 15 is 0 Å². The normalized spacial score (nSPS) is 16.8. The summed E-state index contributed by atoms with van der Waals surface area (Å²) in [5, 5.41) is 6.02. The standard InChI is InChI=1S/C22H20N6.C7H8O3S/c1-26-20(27(2)22-21(26)23-14-15-24-22)13-12-18-17-10-6-7-11-19(17)28(25-18)16-8-4-3-5-9-16;1-6-2-4-7(5-3-6)11(8,9)10/h3-15,20H,1-2H3;2-5H,1H3,(H,8,9,10)/b13-12+;. The Hall–Kier alpha value is -4.38. The third-order valence-electron chi connectivity index (χ3n) is 6.61. The number of hydrogen-bond acceptors (Lipinski definition) is 7. The Morgan fingerprint density at radius 2 is 1.59 bits per heavy atom. The van der Waals surface area contributed by atoms with Gasteiger partial charge in [0, 0.05) is 18.6 Å². The third-order valence-corrected chi connectivity index (χ3v) is 7.46. The Morgan fingerprint density at radius 1 is 0.923 bits per heavy atom. The van der Waals surface area contributed by atoms with E-state index in [0.29, 0.717) is 0 Å². The predicted octanol–water partition coefficient (Wildman–Crippen LogP) is 3.35. The molecule has 2 unspecified atom stereocenters. The number of hydrogen-bond donors (Lipinski definition) is 1. The van der Waals surface area contributed by atoms with Crippen LogP contribution >= 0.6 is 0 Å². The molecule has 3 heterocycles. The zero-order chi connectivity index (χ0) is 27.6. The van der Waals surface area contributed by atoms with Crippen LogP contribution in [-0.2, 0) is 10.1 Å². The molecule has 0 amide bonds. The number of fused-ring (bicyclic) bond motifs is 2. The summed E-state index contributed by atoms with van der Waals surface area (Å²) in [7, 11) is -0.0966. The number of benzene rings is 3. The molecule has 10 heteroatoms. The van der Waals surface area contributed by atoms with Gasteiger partial charge in [0.2, 0.25) is 5.82 Å². The molecule has 0 spiro atoms. The van der Waals surface area contributed by atoms with Crippen LogP contribution in [0, 0.1) is 6.92 Å². The Labute approximate surface area is 227 Å². The smallest absolute Gasteiger partial charge is 0.271 e. The molecule has 6 rings (SSSR count). The molecule has 198 valence electrons. The first-order valence-corrected chi connectivity index (χ1v) is 13.8. The molecule has 0 bridgehead atoms. The number of para-hydroxylation sites is 2. The fourth-order valence-electron chi connectivity index (χ4n) is 4.57. The maximum atomic E-state index is 10.4. The molecule has 1 N–H and O–H groups in total. The van der Waals surface area contributed by atoms with Gasteiger partial charge in [0.05, 0.1) is 35.0 Å². The van der Waals surface area contributed by atoms with Crippen LogP contribution in [0.3, 0.4) is 0 Å². The quantitative estimate of drug-likeness (QED) is 0.348. The first-order valence-electron chi connectivity index (χ1n) is 12.4. The molecule has 39 heavy (non-hydrogen) atoms. The van der Waals surface area contributed by atoms with Gasteiger partial charge in [0.1, 0.15) is 10.1 Å². The van der Waals surface area contributed by atoms with Crippen molar-refractivity contribution in [3.05, 3.63) is 109 Å². The molecule has 0 radical (unpaired) electrons. The summed E-state index contributed by atoms with van der Waals surface area (Å²) in [6.07, 6.45) is 7.90. The van der Waals surface area contributed by atoms with Gasteiger partial charge >= 0.3 is 0 Å². The molecule has 0 fully saturated rings. The number of anilines is 1. The van der Waals surface area contributed by atoms with Crippen molar-refractivity contribution in [1.29, 1.82) is 0 Å². The van der Waals surface area contributed by atoms with Crippen molar-refractivity contribution in [2.75, 3.05) is 19.0 Å². The number of likely N-dealkylation sites (N-methyl/N-ethyl adjacent to an activating group) is 2. The van der Waals surface area contributed by atoms with E-state index in [4.69, 9.17) is 5.10 Å². The summed E-state index contributed by atoms with van der Waals surface area (Å²) in [5.74, 6) is 1.90. The van der Waals surface area contributed by atoms with Crippen LogP contribution in [0.4, 0.5) is 11.6 Å². The molecule has 2 atom stereocenters. The van der Waals surface area contributed by atoms with Gasteiger partial charge in [0.25, 0.3) is 5.82 Å². The SMILES string of the molecule is CN1c2nccnc2[NH+](C)C1/C=C/c1nn(-c2ccccc2)c2ccccc12.Cc1ccc(S(=O)(=O)[O-])cc1. The number of quaternary nitrogens is 1. The van der Waals surface area contributed by atoms with Gasteiger partial charge in [-0.3, -0.25) is 9.80 Å². The van der Waals surface area contributed by atoms with E-state index < -0.39 is 10.1 Å². The summed E-state index contributed by atoms with van der Waals surface area (Å²) in [6.45, 7) is 1.82. The molecular formula is C29H28N6O3S. The molecule has 1 aliphatic heterocycles. The second kappa shape index (κ2) is 10.8. The van der Waals surface area contributed by atoms with Gasteiger partial charge in [-0.05, 0) is 49.4 Å². The van der Waals surface area contributed by atoms with Gasteiger partial charge in [0.15, 0.2) is 6.17 Å². The van der Waals surface area contributed by atoms with E-state index in [-0.39, 0.29) is 11.1 Å². The van der Waals surface area contributed by atoms with Gasteiger partial charge in [-0.25, -0.2) is 18.1 Å². The molecule has 0 aliphatic carbocycles. The van der Waals surface area contributed by atoms with Crippen LogP contribution < -0.4 is 9.80 Å². The lowest BCUT2D eigenvalue weighted by molar-refractivity contribution is -0.826. The largest absolute Gasteiger partial charge is 0.744 e. The van der Waals surface area contributed by atoms with E-state index in [1.807, 2.05) is 35.9 Å². The van der Waals surface area contributed by atoms with Gasteiger partial charge in [-0.1, -0.05) is 54.1 Å². The topological polar surface area (TPSA) is 108 Å². The highest BCUT2D eigenvalue weighted by atomic mass is 32.2. The molecular weight excluding hydrogens is 512 g/mol. The number of rotatable bonds is 4. The third kappa shape index (κ3) is 5.44. The van der Waals surface area contributed by atoms with Crippen molar-refractivity contribution in [3.63, 3.8) is 0 Å². The van der Waals surface area contributed by atoms with Crippen LogP contribution in [0.15, 0.2) is 102 Å². The number of nitrogens with one attached hydrogen (secondary N) is 1. The van der Waals surface area contributed by atoms with Gasteiger partial charge in [-0.2, -0.15) is 10.1 Å². The molecule has 3 aromatic carbocycles. The minimum absolute atomic E-state index is 0.123. The minimum Gasteiger partial charge on any atom is -0.744 e. The van der Waals surface area contributed by atoms with Gasteiger partial charge in [-0.15, -0.1) is 0 Å². The second-order valence-corrected chi connectivity index (χ2v) is 10.6. The summed E-state index contributed by atoms with van der Waals surface area (Å²) >= 11 is 0. The molecule has 2 aromatic heterocycles. The molecule has 5 aromatic rings. The average molecular weight is 541 g/mol. The van der Waals surface area contributed by atoms with Crippen LogP contribution in [0.2, 0.25) is 0 Å². The summed E-state index contributed by atoms with van der Waals surface area (Å²) in [4.78, 5) is 12.2. The van der Waals surface area contributed by atoms with Crippen molar-refractivity contribution in [1.82, 2.24) is 19.7 Å². The van der Waals surface area contributed by atoms with E-state index in [1.165, 1.54) is 17.0 Å². The van der Waals surface area contributed by atoms with Gasteiger partial charge < -0.3 is 4.55 Å². The van der Waals surface area contributed by atoms with E-state index in [0.717, 1.165) is 39.5 Å². The van der Waals surface area contributed by atoms with Crippen LogP contribution in [-0.4, -0.2) is 53.0 Å². The van der Waals surface area contributed by atoms with E-state index in [2.05, 4.69) is 71.4 Å². The average Bonchev–Trinajstić information content (AvgIpc) is 3.43. The van der Waals surface area contributed by atoms with Crippen LogP contribution in [0.1, 0.15) is 11.3 Å². The first kappa shape index (κ1) is 26.2. The fraction of sp³-hybridized carbons (Fsp3) is 0.138. The fourth-order valence-corrected chi connectivity index (χ4v) is 5.04. The highest BCUT2D eigenvalue weighted by Gasteiger charge is 2.37. The summed E-state index contributed by atoms with van der Waals surface area (Å²) < 4.78 is 33.2. The lowest BCUT2D eigenvalue weighted by atomic mass is 10.2. The molecule has 9 nitrogen and oxygen atoms in total. The lowest BCUT2D eigenvalue weighted by Gasteiger charge is -2.18. The molecule has 1 aliphatic rings. The van der Waals surface area contributed by atoms with Crippen molar-refractivity contribution in [3.8, 4) is 5.69 Å². The monoisotopic (exact) mass is 540 g/mol. The second-order valence-electron chi connectivity index (χ2n) is 9.24. The minimum atomic E-state index is -4.27. The number of aromatic nitrogens is 4. The highest BCUT2D eigenvalue weighted by Crippen LogP contribution is 2.25. The van der Waals surface area contributed by atoms with Crippen molar-refractivity contribution in [2.24, 2.45) is 0 Å². The van der Waals surface area contributed by atoms with Crippen molar-refractivity contribution < 1.29 is 17.9 Å². The van der Waals surface area contributed by atoms with E-state index in [9.17, 15) is 13.0 Å². The maximum Gasteiger partial charge on any atom is 0.271 e. The molecule has 0 saturated carbocycles. The Morgan fingerprint density at radius 3 is 2.28 bits per heavy atom. The van der Waals surface area contributed by atoms with Crippen LogP contribution in [0.5, 0.6) is 0 Å². The first-order chi connectivity index (χ1) is 18.7. The zero-order valence-corrected chi connectivity index (χ0v) is 22.6. The highest BCUT2D eigenvalue weighted by molar-refractivity contribution is 7.85. The summed E-state index contributed by atoms with van der Waals surface area (Å²) in [5.41, 5.74) is 4.04. The lowest BCUT2D eigenvalue weighted by Crippen LogP contribution is -3.08. The Bertz CT molecular complexity index is 1710. The molecule has 0 saturated heterocycles. The number of nitrogens with zero attached hydrogens (tertiary/aromatic N) is 5.